The molecule has 1 N–H and O–H groups in total. The fraction of sp³-hybridized carbons (Fsp3) is 0.143. The highest BCUT2D eigenvalue weighted by Crippen LogP contribution is 2.27. The molecular formula is C28H25Cl2N3O4S. The molecule has 0 bridgehead atoms. The predicted octanol–water partition coefficient (Wildman–Crippen LogP) is 5.95. The van der Waals surface area contributed by atoms with Crippen molar-refractivity contribution in [1.29, 1.82) is 0 Å². The van der Waals surface area contributed by atoms with Gasteiger partial charge in [-0.15, -0.1) is 0 Å². The van der Waals surface area contributed by atoms with E-state index in [4.69, 9.17) is 27.9 Å². The van der Waals surface area contributed by atoms with Crippen LogP contribution in [0.5, 0.6) is 5.75 Å². The molecule has 10 heteroatoms. The van der Waals surface area contributed by atoms with Crippen LogP contribution in [-0.4, -0.2) is 23.9 Å². The number of ether oxygens (including phenoxy) is 1. The molecule has 0 saturated heterocycles. The topological polar surface area (TPSA) is 90.3 Å². The molecule has 7 nitrogen and oxygen atoms in total. The number of carbonyl (C=O) groups is 1. The number of nitrogens with one attached hydrogen (secondary N) is 1. The number of amides is 1. The van der Waals surface area contributed by atoms with E-state index in [0.29, 0.717) is 35.4 Å². The van der Waals surface area contributed by atoms with Gasteiger partial charge in [-0.1, -0.05) is 77.3 Å². The number of halogens is 2. The van der Waals surface area contributed by atoms with Crippen LogP contribution in [0.1, 0.15) is 28.2 Å². The molecule has 0 saturated carbocycles. The lowest BCUT2D eigenvalue weighted by Crippen LogP contribution is -2.29. The predicted molar refractivity (Wildman–Crippen MR) is 149 cm³/mol. The van der Waals surface area contributed by atoms with Gasteiger partial charge in [0.2, 0.25) is 0 Å². The first-order chi connectivity index (χ1) is 18.1. The Kier molecular flexibility index (Phi) is 8.56. The number of imidazole rings is 1. The average Bonchev–Trinajstić information content (AvgIpc) is 3.15. The molecule has 0 atom stereocenters. The molecule has 0 spiro atoms. The summed E-state index contributed by atoms with van der Waals surface area (Å²) in [5.41, 5.74) is 3.18. The van der Waals surface area contributed by atoms with Crippen LogP contribution in [0.4, 0.5) is 0 Å². The second kappa shape index (κ2) is 11.9. The summed E-state index contributed by atoms with van der Waals surface area (Å²) in [6, 6.07) is 21.4. The third kappa shape index (κ3) is 6.83. The van der Waals surface area contributed by atoms with E-state index < -0.39 is 15.9 Å². The Labute approximate surface area is 231 Å². The summed E-state index contributed by atoms with van der Waals surface area (Å²) in [4.78, 5) is 16.7. The number of sulfonamides is 1. The summed E-state index contributed by atoms with van der Waals surface area (Å²) in [6.45, 7) is 4.36. The zero-order valence-electron chi connectivity index (χ0n) is 20.7. The van der Waals surface area contributed by atoms with E-state index in [1.54, 1.807) is 29.7 Å². The highest BCUT2D eigenvalue weighted by Gasteiger charge is 2.17. The van der Waals surface area contributed by atoms with Crippen LogP contribution in [-0.2, 0) is 28.0 Å². The van der Waals surface area contributed by atoms with Crippen molar-refractivity contribution in [3.63, 3.8) is 0 Å². The fourth-order valence-corrected chi connectivity index (χ4v) is 5.12. The molecule has 0 radical (unpaired) electrons. The molecule has 38 heavy (non-hydrogen) atoms. The SMILES string of the molecule is Cc1ccc(S(=O)(=O)NC(=O)/C=C/c2c(Cl)nc(C)n2Cc2ccc(OCc3ccccc3)cc2Cl)cc1. The number of carbonyl (C=O) groups excluding carboxylic acids is 1. The first kappa shape index (κ1) is 27.4. The normalized spacial score (nSPS) is 11.6. The lowest BCUT2D eigenvalue weighted by Gasteiger charge is -2.12. The van der Waals surface area contributed by atoms with Gasteiger partial charge in [-0.3, -0.25) is 4.79 Å². The van der Waals surface area contributed by atoms with Crippen molar-refractivity contribution >= 4 is 45.2 Å². The van der Waals surface area contributed by atoms with E-state index in [1.165, 1.54) is 18.2 Å². The third-order valence-corrected chi connectivity index (χ3v) is 7.71. The van der Waals surface area contributed by atoms with Crippen LogP contribution >= 0.6 is 23.2 Å². The summed E-state index contributed by atoms with van der Waals surface area (Å²) in [5, 5.41) is 0.670. The minimum atomic E-state index is -4.01. The monoisotopic (exact) mass is 569 g/mol. The number of hydrogen-bond donors (Lipinski definition) is 1. The third-order valence-electron chi connectivity index (χ3n) is 5.71. The number of hydrogen-bond acceptors (Lipinski definition) is 5. The first-order valence-electron chi connectivity index (χ1n) is 11.6. The minimum absolute atomic E-state index is 0.00499. The average molecular weight is 570 g/mol. The molecule has 0 fully saturated rings. The van der Waals surface area contributed by atoms with Gasteiger partial charge in [0.1, 0.15) is 18.2 Å². The van der Waals surface area contributed by atoms with Crippen molar-refractivity contribution in [1.82, 2.24) is 14.3 Å². The van der Waals surface area contributed by atoms with E-state index in [0.717, 1.165) is 22.8 Å². The Morgan fingerprint density at radius 2 is 1.74 bits per heavy atom. The van der Waals surface area contributed by atoms with E-state index >= 15 is 0 Å². The Balaban J connectivity index is 1.47. The highest BCUT2D eigenvalue weighted by atomic mass is 35.5. The van der Waals surface area contributed by atoms with Gasteiger partial charge < -0.3 is 9.30 Å². The molecule has 1 heterocycles. The molecule has 0 unspecified atom stereocenters. The van der Waals surface area contributed by atoms with Crippen molar-refractivity contribution in [2.45, 2.75) is 31.9 Å². The van der Waals surface area contributed by atoms with Gasteiger partial charge in [0.25, 0.3) is 15.9 Å². The van der Waals surface area contributed by atoms with Crippen LogP contribution in [0.3, 0.4) is 0 Å². The zero-order valence-corrected chi connectivity index (χ0v) is 23.0. The molecule has 0 aliphatic rings. The standard InChI is InChI=1S/C28H25Cl2N3O4S/c1-19-8-12-24(13-9-19)38(35,36)32-27(34)15-14-26-28(30)31-20(2)33(26)17-22-10-11-23(16-25(22)29)37-18-21-6-4-3-5-7-21/h3-16H,17-18H2,1-2H3,(H,32,34)/b15-14+. The Morgan fingerprint density at radius 1 is 1.03 bits per heavy atom. The molecule has 1 amide bonds. The molecule has 0 aliphatic heterocycles. The Morgan fingerprint density at radius 3 is 2.42 bits per heavy atom. The van der Waals surface area contributed by atoms with Gasteiger partial charge in [0.15, 0.2) is 5.15 Å². The summed E-state index contributed by atoms with van der Waals surface area (Å²) in [5.74, 6) is 0.419. The maximum absolute atomic E-state index is 12.5. The van der Waals surface area contributed by atoms with Crippen LogP contribution in [0, 0.1) is 13.8 Å². The maximum Gasteiger partial charge on any atom is 0.264 e. The van der Waals surface area contributed by atoms with Gasteiger partial charge in [-0.05, 0) is 55.3 Å². The Hall–Kier alpha value is -3.59. The highest BCUT2D eigenvalue weighted by molar-refractivity contribution is 7.90. The number of rotatable bonds is 9. The molecule has 4 aromatic rings. The lowest BCUT2D eigenvalue weighted by atomic mass is 10.2. The van der Waals surface area contributed by atoms with Gasteiger partial charge in [-0.25, -0.2) is 18.1 Å². The maximum atomic E-state index is 12.5. The van der Waals surface area contributed by atoms with Gasteiger partial charge >= 0.3 is 0 Å². The number of nitrogens with zero attached hydrogens (tertiary/aromatic N) is 2. The van der Waals surface area contributed by atoms with E-state index in [9.17, 15) is 13.2 Å². The zero-order chi connectivity index (χ0) is 27.3. The van der Waals surface area contributed by atoms with Crippen molar-refractivity contribution < 1.29 is 17.9 Å². The smallest absolute Gasteiger partial charge is 0.264 e. The first-order valence-corrected chi connectivity index (χ1v) is 13.9. The Bertz CT molecular complexity index is 1580. The molecule has 196 valence electrons. The summed E-state index contributed by atoms with van der Waals surface area (Å²) >= 11 is 12.9. The van der Waals surface area contributed by atoms with Crippen molar-refractivity contribution in [3.05, 3.63) is 117 Å². The van der Waals surface area contributed by atoms with E-state index in [2.05, 4.69) is 4.98 Å². The number of aromatic nitrogens is 2. The van der Waals surface area contributed by atoms with E-state index in [-0.39, 0.29) is 10.0 Å². The second-order valence-electron chi connectivity index (χ2n) is 8.56. The van der Waals surface area contributed by atoms with Crippen LogP contribution < -0.4 is 9.46 Å². The van der Waals surface area contributed by atoms with Gasteiger partial charge in [-0.2, -0.15) is 0 Å². The van der Waals surface area contributed by atoms with Gasteiger partial charge in [0.05, 0.1) is 17.1 Å². The van der Waals surface area contributed by atoms with Crippen molar-refractivity contribution in [3.8, 4) is 5.75 Å². The van der Waals surface area contributed by atoms with Crippen LogP contribution in [0.25, 0.3) is 6.08 Å². The fourth-order valence-electron chi connectivity index (χ4n) is 3.66. The minimum Gasteiger partial charge on any atom is -0.489 e. The largest absolute Gasteiger partial charge is 0.489 e. The summed E-state index contributed by atoms with van der Waals surface area (Å²) in [7, 11) is -4.01. The van der Waals surface area contributed by atoms with Gasteiger partial charge in [0, 0.05) is 11.1 Å². The number of benzene rings is 3. The molecule has 1 aromatic heterocycles. The molecule has 3 aromatic carbocycles. The summed E-state index contributed by atoms with van der Waals surface area (Å²) < 4.78 is 34.7. The lowest BCUT2D eigenvalue weighted by molar-refractivity contribution is -0.114. The van der Waals surface area contributed by atoms with E-state index in [1.807, 2.05) is 54.1 Å². The molecular weight excluding hydrogens is 545 g/mol. The molecule has 0 aliphatic carbocycles. The molecule has 4 rings (SSSR count). The quantitative estimate of drug-likeness (QED) is 0.251. The number of aryl methyl sites for hydroxylation is 2. The van der Waals surface area contributed by atoms with Crippen molar-refractivity contribution in [2.75, 3.05) is 0 Å². The van der Waals surface area contributed by atoms with Crippen LogP contribution in [0.2, 0.25) is 10.2 Å². The van der Waals surface area contributed by atoms with Crippen molar-refractivity contribution in [2.24, 2.45) is 0 Å². The van der Waals surface area contributed by atoms with Crippen LogP contribution in [0.15, 0.2) is 83.8 Å². The second-order valence-corrected chi connectivity index (χ2v) is 11.0. The summed E-state index contributed by atoms with van der Waals surface area (Å²) in [6.07, 6.45) is 2.53.